The highest BCUT2D eigenvalue weighted by Gasteiger charge is 2.35. The lowest BCUT2D eigenvalue weighted by Gasteiger charge is -2.35. The van der Waals surface area contributed by atoms with Crippen molar-refractivity contribution in [3.8, 4) is 0 Å². The molecule has 2 fully saturated rings. The summed E-state index contributed by atoms with van der Waals surface area (Å²) >= 11 is 0. The van der Waals surface area contributed by atoms with Gasteiger partial charge in [-0.25, -0.2) is 0 Å². The maximum absolute atomic E-state index is 12.3. The van der Waals surface area contributed by atoms with Crippen LogP contribution in [-0.4, -0.2) is 62.0 Å². The summed E-state index contributed by atoms with van der Waals surface area (Å²) < 4.78 is 0. The fourth-order valence-corrected chi connectivity index (χ4v) is 2.86. The summed E-state index contributed by atoms with van der Waals surface area (Å²) in [6.07, 6.45) is 3.41. The Labute approximate surface area is 98.0 Å². The number of nitrogens with zero attached hydrogens (tertiary/aromatic N) is 2. The maximum atomic E-state index is 12.3. The number of carbonyl (C=O) groups is 1. The lowest BCUT2D eigenvalue weighted by molar-refractivity contribution is -0.137. The molecule has 4 nitrogen and oxygen atoms in total. The summed E-state index contributed by atoms with van der Waals surface area (Å²) in [5.74, 6) is 0.610. The summed E-state index contributed by atoms with van der Waals surface area (Å²) in [6, 6.07) is 0.409. The van der Waals surface area contributed by atoms with Crippen LogP contribution in [0.2, 0.25) is 0 Å². The van der Waals surface area contributed by atoms with Gasteiger partial charge in [-0.3, -0.25) is 4.79 Å². The SMILES string of the molecule is CNC1CCCC1C(=O)N1CCN(C)CC1. The highest BCUT2D eigenvalue weighted by Crippen LogP contribution is 2.27. The van der Waals surface area contributed by atoms with E-state index >= 15 is 0 Å². The van der Waals surface area contributed by atoms with E-state index in [2.05, 4.69) is 22.2 Å². The minimum Gasteiger partial charge on any atom is -0.340 e. The highest BCUT2D eigenvalue weighted by atomic mass is 16.2. The largest absolute Gasteiger partial charge is 0.340 e. The van der Waals surface area contributed by atoms with E-state index < -0.39 is 0 Å². The van der Waals surface area contributed by atoms with Crippen LogP contribution in [0, 0.1) is 5.92 Å². The van der Waals surface area contributed by atoms with Gasteiger partial charge in [-0.2, -0.15) is 0 Å². The molecule has 1 saturated carbocycles. The molecule has 2 rings (SSSR count). The van der Waals surface area contributed by atoms with E-state index in [9.17, 15) is 4.79 Å². The van der Waals surface area contributed by atoms with Gasteiger partial charge in [0.15, 0.2) is 0 Å². The zero-order valence-corrected chi connectivity index (χ0v) is 10.4. The molecule has 1 aliphatic carbocycles. The predicted octanol–water partition coefficient (Wildman–Crippen LogP) is 0.149. The van der Waals surface area contributed by atoms with Crippen molar-refractivity contribution >= 4 is 5.91 Å². The molecular weight excluding hydrogens is 202 g/mol. The first kappa shape index (κ1) is 11.9. The number of hydrogen-bond donors (Lipinski definition) is 1. The molecule has 0 aromatic carbocycles. The second-order valence-corrected chi connectivity index (χ2v) is 5.06. The standard InChI is InChI=1S/C12H23N3O/c1-13-11-5-3-4-10(11)12(16)15-8-6-14(2)7-9-15/h10-11,13H,3-9H2,1-2H3. The number of amides is 1. The average molecular weight is 225 g/mol. The molecule has 1 N–H and O–H groups in total. The van der Waals surface area contributed by atoms with Crippen LogP contribution in [0.25, 0.3) is 0 Å². The fraction of sp³-hybridized carbons (Fsp3) is 0.917. The Kier molecular flexibility index (Phi) is 3.82. The lowest BCUT2D eigenvalue weighted by Crippen LogP contribution is -2.51. The monoisotopic (exact) mass is 225 g/mol. The smallest absolute Gasteiger partial charge is 0.227 e. The zero-order chi connectivity index (χ0) is 11.5. The third-order valence-electron chi connectivity index (χ3n) is 4.02. The van der Waals surface area contributed by atoms with Gasteiger partial charge in [-0.15, -0.1) is 0 Å². The average Bonchev–Trinajstić information content (AvgIpc) is 2.77. The van der Waals surface area contributed by atoms with Gasteiger partial charge >= 0.3 is 0 Å². The van der Waals surface area contributed by atoms with E-state index in [1.165, 1.54) is 6.42 Å². The molecule has 1 amide bonds. The number of hydrogen-bond acceptors (Lipinski definition) is 3. The van der Waals surface area contributed by atoms with Crippen molar-refractivity contribution in [3.05, 3.63) is 0 Å². The summed E-state index contributed by atoms with van der Waals surface area (Å²) in [5.41, 5.74) is 0. The first-order chi connectivity index (χ1) is 7.72. The minimum absolute atomic E-state index is 0.230. The van der Waals surface area contributed by atoms with Crippen molar-refractivity contribution in [1.82, 2.24) is 15.1 Å². The van der Waals surface area contributed by atoms with Gasteiger partial charge in [0, 0.05) is 32.2 Å². The molecule has 0 aromatic heterocycles. The van der Waals surface area contributed by atoms with Gasteiger partial charge in [0.25, 0.3) is 0 Å². The van der Waals surface area contributed by atoms with E-state index in [0.717, 1.165) is 39.0 Å². The van der Waals surface area contributed by atoms with Crippen LogP contribution in [0.1, 0.15) is 19.3 Å². The molecule has 4 heteroatoms. The van der Waals surface area contributed by atoms with Crippen LogP contribution in [0.3, 0.4) is 0 Å². The highest BCUT2D eigenvalue weighted by molar-refractivity contribution is 5.80. The fourth-order valence-electron chi connectivity index (χ4n) is 2.86. The molecular formula is C12H23N3O. The van der Waals surface area contributed by atoms with E-state index in [-0.39, 0.29) is 5.92 Å². The van der Waals surface area contributed by atoms with Crippen molar-refractivity contribution in [1.29, 1.82) is 0 Å². The molecule has 2 aliphatic rings. The van der Waals surface area contributed by atoms with Gasteiger partial charge in [0.1, 0.15) is 0 Å². The van der Waals surface area contributed by atoms with Gasteiger partial charge in [-0.05, 0) is 26.9 Å². The number of nitrogens with one attached hydrogen (secondary N) is 1. The second-order valence-electron chi connectivity index (χ2n) is 5.06. The van der Waals surface area contributed by atoms with E-state index in [1.807, 2.05) is 7.05 Å². The topological polar surface area (TPSA) is 35.6 Å². The molecule has 92 valence electrons. The third-order valence-corrected chi connectivity index (χ3v) is 4.02. The normalized spacial score (nSPS) is 32.0. The Hall–Kier alpha value is -0.610. The Morgan fingerprint density at radius 3 is 2.50 bits per heavy atom. The van der Waals surface area contributed by atoms with E-state index in [0.29, 0.717) is 11.9 Å². The quantitative estimate of drug-likeness (QED) is 0.726. The van der Waals surface area contributed by atoms with Crippen molar-refractivity contribution in [2.24, 2.45) is 5.92 Å². The lowest BCUT2D eigenvalue weighted by atomic mass is 10.0. The summed E-state index contributed by atoms with van der Waals surface area (Å²) in [7, 11) is 4.09. The number of piperazine rings is 1. The molecule has 0 aromatic rings. The number of carbonyl (C=O) groups excluding carboxylic acids is 1. The Balaban J connectivity index is 1.91. The molecule has 2 unspecified atom stereocenters. The van der Waals surface area contributed by atoms with Crippen molar-refractivity contribution in [2.75, 3.05) is 40.3 Å². The summed E-state index contributed by atoms with van der Waals surface area (Å²) in [6.45, 7) is 3.84. The molecule has 0 spiro atoms. The molecule has 16 heavy (non-hydrogen) atoms. The van der Waals surface area contributed by atoms with Gasteiger partial charge in [-0.1, -0.05) is 6.42 Å². The summed E-state index contributed by atoms with van der Waals surface area (Å²) in [4.78, 5) is 16.7. The Morgan fingerprint density at radius 1 is 1.19 bits per heavy atom. The maximum Gasteiger partial charge on any atom is 0.227 e. The van der Waals surface area contributed by atoms with Crippen molar-refractivity contribution in [2.45, 2.75) is 25.3 Å². The van der Waals surface area contributed by atoms with Crippen LogP contribution in [0.4, 0.5) is 0 Å². The molecule has 1 saturated heterocycles. The first-order valence-corrected chi connectivity index (χ1v) is 6.37. The van der Waals surface area contributed by atoms with Gasteiger partial charge in [0.2, 0.25) is 5.91 Å². The second kappa shape index (κ2) is 5.15. The molecule has 2 atom stereocenters. The number of likely N-dealkylation sites (N-methyl/N-ethyl adjacent to an activating group) is 1. The minimum atomic E-state index is 0.230. The van der Waals surface area contributed by atoms with Gasteiger partial charge in [0.05, 0.1) is 5.92 Å². The van der Waals surface area contributed by atoms with Crippen LogP contribution in [0.15, 0.2) is 0 Å². The predicted molar refractivity (Wildman–Crippen MR) is 64.3 cm³/mol. The van der Waals surface area contributed by atoms with Crippen LogP contribution >= 0.6 is 0 Å². The van der Waals surface area contributed by atoms with Crippen molar-refractivity contribution in [3.63, 3.8) is 0 Å². The van der Waals surface area contributed by atoms with E-state index in [4.69, 9.17) is 0 Å². The molecule has 0 bridgehead atoms. The van der Waals surface area contributed by atoms with Crippen LogP contribution < -0.4 is 5.32 Å². The summed E-state index contributed by atoms with van der Waals surface area (Å²) in [5, 5.41) is 3.28. The molecule has 1 aliphatic heterocycles. The van der Waals surface area contributed by atoms with Gasteiger partial charge < -0.3 is 15.1 Å². The van der Waals surface area contributed by atoms with Crippen molar-refractivity contribution < 1.29 is 4.79 Å². The number of rotatable bonds is 2. The molecule has 0 radical (unpaired) electrons. The molecule has 1 heterocycles. The Bertz CT molecular complexity index is 249. The third kappa shape index (κ3) is 2.38. The first-order valence-electron chi connectivity index (χ1n) is 6.37. The zero-order valence-electron chi connectivity index (χ0n) is 10.4. The Morgan fingerprint density at radius 2 is 1.88 bits per heavy atom. The van der Waals surface area contributed by atoms with Crippen LogP contribution in [-0.2, 0) is 4.79 Å². The van der Waals surface area contributed by atoms with Crippen LogP contribution in [0.5, 0.6) is 0 Å². The van der Waals surface area contributed by atoms with E-state index in [1.54, 1.807) is 0 Å².